The lowest BCUT2D eigenvalue weighted by Gasteiger charge is -2.08. The van der Waals surface area contributed by atoms with E-state index in [1.165, 1.54) is 12.4 Å². The van der Waals surface area contributed by atoms with Gasteiger partial charge in [-0.05, 0) is 24.0 Å². The molecule has 6 heteroatoms. The number of allylic oxidation sites excluding steroid dienone is 1. The van der Waals surface area contributed by atoms with E-state index in [1.807, 2.05) is 6.20 Å². The Balaban J connectivity index is 2.23. The van der Waals surface area contributed by atoms with E-state index in [-0.39, 0.29) is 5.91 Å². The van der Waals surface area contributed by atoms with Crippen molar-refractivity contribution >= 4 is 16.9 Å². The van der Waals surface area contributed by atoms with E-state index in [4.69, 9.17) is 4.74 Å². The Morgan fingerprint density at radius 3 is 3.00 bits per heavy atom. The van der Waals surface area contributed by atoms with Crippen LogP contribution in [0.4, 0.5) is 0 Å². The summed E-state index contributed by atoms with van der Waals surface area (Å²) in [5.41, 5.74) is 1.75. The van der Waals surface area contributed by atoms with Gasteiger partial charge >= 0.3 is 0 Å². The summed E-state index contributed by atoms with van der Waals surface area (Å²) in [6, 6.07) is 0. The Morgan fingerprint density at radius 1 is 1.48 bits per heavy atom. The van der Waals surface area contributed by atoms with Gasteiger partial charge in [0, 0.05) is 13.2 Å². The number of ether oxygens (including phenoxy) is 1. The first-order chi connectivity index (χ1) is 10.1. The van der Waals surface area contributed by atoms with Gasteiger partial charge in [0.2, 0.25) is 11.8 Å². The van der Waals surface area contributed by atoms with E-state index < -0.39 is 0 Å². The van der Waals surface area contributed by atoms with Gasteiger partial charge in [0.15, 0.2) is 0 Å². The molecule has 0 fully saturated rings. The largest absolute Gasteiger partial charge is 0.477 e. The molecule has 2 rings (SSSR count). The number of nitrogens with zero attached hydrogens (tertiary/aromatic N) is 2. The van der Waals surface area contributed by atoms with Gasteiger partial charge < -0.3 is 15.0 Å². The van der Waals surface area contributed by atoms with Crippen LogP contribution in [0.25, 0.3) is 11.0 Å². The molecule has 1 amide bonds. The lowest BCUT2D eigenvalue weighted by Crippen LogP contribution is -2.14. The van der Waals surface area contributed by atoms with Gasteiger partial charge in [-0.25, -0.2) is 9.97 Å². The van der Waals surface area contributed by atoms with E-state index in [1.54, 1.807) is 13.1 Å². The summed E-state index contributed by atoms with van der Waals surface area (Å²) < 4.78 is 5.75. The molecular formula is C15H20N4O2. The van der Waals surface area contributed by atoms with E-state index in [0.29, 0.717) is 24.8 Å². The van der Waals surface area contributed by atoms with Crippen LogP contribution in [0.2, 0.25) is 0 Å². The predicted molar refractivity (Wildman–Crippen MR) is 81.1 cm³/mol. The number of likely N-dealkylation sites (N-methyl/N-ethyl adjacent to an activating group) is 1. The van der Waals surface area contributed by atoms with Crippen LogP contribution in [-0.4, -0.2) is 34.5 Å². The molecule has 0 aliphatic rings. The fourth-order valence-corrected chi connectivity index (χ4v) is 1.89. The number of carbonyl (C=O) groups excluding carboxylic acids is 1. The molecule has 2 aromatic heterocycles. The predicted octanol–water partition coefficient (Wildman–Crippen LogP) is 1.84. The highest BCUT2D eigenvalue weighted by Crippen LogP contribution is 2.26. The average Bonchev–Trinajstić information content (AvgIpc) is 2.88. The van der Waals surface area contributed by atoms with Crippen molar-refractivity contribution in [1.82, 2.24) is 20.3 Å². The van der Waals surface area contributed by atoms with Crippen molar-refractivity contribution in [3.8, 4) is 5.88 Å². The van der Waals surface area contributed by atoms with Gasteiger partial charge in [0.05, 0.1) is 12.0 Å². The van der Waals surface area contributed by atoms with Crippen LogP contribution in [-0.2, 0) is 11.2 Å². The smallest absolute Gasteiger partial charge is 0.243 e. The van der Waals surface area contributed by atoms with Crippen LogP contribution >= 0.6 is 0 Å². The summed E-state index contributed by atoms with van der Waals surface area (Å²) in [5, 5.41) is 3.42. The molecule has 0 saturated heterocycles. The minimum absolute atomic E-state index is 0.123. The Hall–Kier alpha value is -2.37. The number of hydrogen-bond acceptors (Lipinski definition) is 4. The van der Waals surface area contributed by atoms with Crippen molar-refractivity contribution in [3.63, 3.8) is 0 Å². The van der Waals surface area contributed by atoms with E-state index >= 15 is 0 Å². The third kappa shape index (κ3) is 3.81. The fraction of sp³-hybridized carbons (Fsp3) is 0.400. The summed E-state index contributed by atoms with van der Waals surface area (Å²) in [6.45, 7) is 4.77. The minimum atomic E-state index is -0.123. The highest BCUT2D eigenvalue weighted by Gasteiger charge is 2.12. The quantitative estimate of drug-likeness (QED) is 0.795. The Labute approximate surface area is 123 Å². The molecule has 0 bridgehead atoms. The third-order valence-electron chi connectivity index (χ3n) is 2.92. The summed E-state index contributed by atoms with van der Waals surface area (Å²) in [5.74, 6) is 0.881. The van der Waals surface area contributed by atoms with Gasteiger partial charge in [-0.3, -0.25) is 4.79 Å². The maximum Gasteiger partial charge on any atom is 0.243 e. The van der Waals surface area contributed by atoms with Crippen molar-refractivity contribution in [1.29, 1.82) is 0 Å². The number of nitrogens with one attached hydrogen (secondary N) is 2. The van der Waals surface area contributed by atoms with Gasteiger partial charge in [-0.2, -0.15) is 0 Å². The zero-order valence-corrected chi connectivity index (χ0v) is 12.5. The Kier molecular flexibility index (Phi) is 4.92. The van der Waals surface area contributed by atoms with Crippen LogP contribution in [0.1, 0.15) is 19.4 Å². The lowest BCUT2D eigenvalue weighted by atomic mass is 10.1. The molecule has 112 valence electrons. The number of aromatic nitrogens is 3. The second-order valence-electron chi connectivity index (χ2n) is 5.14. The van der Waals surface area contributed by atoms with Crippen LogP contribution in [0.3, 0.4) is 0 Å². The summed E-state index contributed by atoms with van der Waals surface area (Å²) in [6.07, 6.45) is 7.28. The van der Waals surface area contributed by atoms with Crippen LogP contribution in [0.15, 0.2) is 24.7 Å². The molecule has 0 saturated carbocycles. The maximum atomic E-state index is 11.2. The van der Waals surface area contributed by atoms with Crippen molar-refractivity contribution in [2.45, 2.75) is 20.3 Å². The molecule has 0 aromatic carbocycles. The molecule has 2 heterocycles. The zero-order chi connectivity index (χ0) is 15.2. The van der Waals surface area contributed by atoms with Gasteiger partial charge in [0.25, 0.3) is 0 Å². The number of rotatable bonds is 6. The molecule has 0 unspecified atom stereocenters. The van der Waals surface area contributed by atoms with E-state index in [0.717, 1.165) is 16.6 Å². The van der Waals surface area contributed by atoms with Crippen molar-refractivity contribution in [3.05, 3.63) is 30.2 Å². The Morgan fingerprint density at radius 2 is 2.29 bits per heavy atom. The topological polar surface area (TPSA) is 79.9 Å². The van der Waals surface area contributed by atoms with E-state index in [9.17, 15) is 4.79 Å². The minimum Gasteiger partial charge on any atom is -0.477 e. The first kappa shape index (κ1) is 15.0. The first-order valence-electron chi connectivity index (χ1n) is 6.93. The fourth-order valence-electron chi connectivity index (χ4n) is 1.89. The number of carbonyl (C=O) groups is 1. The van der Waals surface area contributed by atoms with Crippen molar-refractivity contribution in [2.75, 3.05) is 13.7 Å². The van der Waals surface area contributed by atoms with Gasteiger partial charge in [-0.1, -0.05) is 19.9 Å². The maximum absolute atomic E-state index is 11.2. The summed E-state index contributed by atoms with van der Waals surface area (Å²) in [7, 11) is 1.60. The summed E-state index contributed by atoms with van der Waals surface area (Å²) in [4.78, 5) is 22.7. The summed E-state index contributed by atoms with van der Waals surface area (Å²) >= 11 is 0. The Bertz CT molecular complexity index is 646. The average molecular weight is 288 g/mol. The van der Waals surface area contributed by atoms with Gasteiger partial charge in [0.1, 0.15) is 12.0 Å². The monoisotopic (exact) mass is 288 g/mol. The molecule has 0 spiro atoms. The number of H-pyrrole nitrogens is 1. The second kappa shape index (κ2) is 6.88. The lowest BCUT2D eigenvalue weighted by molar-refractivity contribution is -0.116. The number of amides is 1. The van der Waals surface area contributed by atoms with Crippen LogP contribution < -0.4 is 10.1 Å². The molecule has 6 nitrogen and oxygen atoms in total. The molecule has 21 heavy (non-hydrogen) atoms. The second-order valence-corrected chi connectivity index (χ2v) is 5.14. The molecule has 2 aromatic rings. The van der Waals surface area contributed by atoms with Crippen LogP contribution in [0.5, 0.6) is 5.88 Å². The van der Waals surface area contributed by atoms with Crippen LogP contribution in [0, 0.1) is 5.92 Å². The number of hydrogen-bond donors (Lipinski definition) is 2. The third-order valence-corrected chi connectivity index (χ3v) is 2.92. The van der Waals surface area contributed by atoms with Crippen molar-refractivity contribution < 1.29 is 9.53 Å². The molecule has 0 aliphatic carbocycles. The van der Waals surface area contributed by atoms with Gasteiger partial charge in [-0.15, -0.1) is 0 Å². The molecule has 2 N–H and O–H groups in total. The first-order valence-corrected chi connectivity index (χ1v) is 6.93. The molecule has 0 aliphatic heterocycles. The molecule has 0 atom stereocenters. The number of aromatic amines is 1. The highest BCUT2D eigenvalue weighted by molar-refractivity contribution is 5.88. The highest BCUT2D eigenvalue weighted by atomic mass is 16.5. The molecule has 0 radical (unpaired) electrons. The SMILES string of the molecule is CNC(=O)C=CCc1c[nH]c2ncnc(OCC(C)C)c12. The normalized spacial score (nSPS) is 11.4. The standard InChI is InChI=1S/C15H20N4O2/c1-10(2)8-21-15-13-11(5-4-6-12(20)16-3)7-17-14(13)18-9-19-15/h4,6-7,9-10H,5,8H2,1-3H3,(H,16,20)(H,17,18,19). The molecular weight excluding hydrogens is 268 g/mol. The van der Waals surface area contributed by atoms with Crippen molar-refractivity contribution in [2.24, 2.45) is 5.92 Å². The van der Waals surface area contributed by atoms with E-state index in [2.05, 4.69) is 34.1 Å². The number of fused-ring (bicyclic) bond motifs is 1. The zero-order valence-electron chi connectivity index (χ0n) is 12.5.